The van der Waals surface area contributed by atoms with Crippen molar-refractivity contribution in [2.75, 3.05) is 5.73 Å². The lowest BCUT2D eigenvalue weighted by molar-refractivity contribution is 0.621. The van der Waals surface area contributed by atoms with Gasteiger partial charge in [0.2, 0.25) is 0 Å². The van der Waals surface area contributed by atoms with E-state index in [1.54, 1.807) is 12.1 Å². The normalized spacial score (nSPS) is 11.2. The maximum atomic E-state index is 13.2. The van der Waals surface area contributed by atoms with E-state index >= 15 is 0 Å². The van der Waals surface area contributed by atoms with Crippen molar-refractivity contribution in [2.45, 2.75) is 26.8 Å². The predicted octanol–water partition coefficient (Wildman–Crippen LogP) is 3.01. The van der Waals surface area contributed by atoms with Crippen LogP contribution < -0.4 is 5.73 Å². The summed E-state index contributed by atoms with van der Waals surface area (Å²) in [6.07, 6.45) is 2.22. The molecule has 3 rings (SSSR count). The fourth-order valence-electron chi connectivity index (χ4n) is 2.70. The Hall–Kier alpha value is -2.43. The Balaban J connectivity index is 1.98. The summed E-state index contributed by atoms with van der Waals surface area (Å²) >= 11 is 0. The van der Waals surface area contributed by atoms with Crippen LogP contribution >= 0.6 is 0 Å². The predicted molar refractivity (Wildman–Crippen MR) is 81.5 cm³/mol. The molecule has 0 unspecified atom stereocenters. The summed E-state index contributed by atoms with van der Waals surface area (Å²) in [7, 11) is 0. The van der Waals surface area contributed by atoms with Crippen LogP contribution in [0.5, 0.6) is 0 Å². The van der Waals surface area contributed by atoms with Crippen LogP contribution in [0, 0.1) is 19.7 Å². The van der Waals surface area contributed by atoms with Crippen LogP contribution in [0.1, 0.15) is 16.8 Å². The Morgan fingerprint density at radius 2 is 2.05 bits per heavy atom. The molecular formula is C16H17FN4. The standard InChI is InChI=1S/C16H17FN4/c1-10-11(2)21(16-14(10)15(18)19-9-20-16)7-6-12-4-3-5-13(17)8-12/h3-5,8-9H,6-7H2,1-2H3,(H2,18,19,20). The second-order valence-electron chi connectivity index (χ2n) is 5.20. The van der Waals surface area contributed by atoms with Gasteiger partial charge in [-0.2, -0.15) is 0 Å². The fraction of sp³-hybridized carbons (Fsp3) is 0.250. The van der Waals surface area contributed by atoms with E-state index in [2.05, 4.69) is 14.5 Å². The van der Waals surface area contributed by atoms with E-state index in [1.807, 2.05) is 19.9 Å². The molecule has 5 heteroatoms. The molecule has 0 radical (unpaired) electrons. The van der Waals surface area contributed by atoms with E-state index in [1.165, 1.54) is 12.4 Å². The zero-order valence-corrected chi connectivity index (χ0v) is 12.1. The minimum Gasteiger partial charge on any atom is -0.383 e. The molecule has 2 heterocycles. The third kappa shape index (κ3) is 2.35. The minimum absolute atomic E-state index is 0.204. The summed E-state index contributed by atoms with van der Waals surface area (Å²) in [6, 6.07) is 6.69. The van der Waals surface area contributed by atoms with Crippen molar-refractivity contribution >= 4 is 16.9 Å². The highest BCUT2D eigenvalue weighted by Crippen LogP contribution is 2.27. The molecule has 3 aromatic rings. The van der Waals surface area contributed by atoms with Crippen molar-refractivity contribution < 1.29 is 4.39 Å². The number of anilines is 1. The van der Waals surface area contributed by atoms with Gasteiger partial charge in [-0.15, -0.1) is 0 Å². The maximum Gasteiger partial charge on any atom is 0.145 e. The summed E-state index contributed by atoms with van der Waals surface area (Å²) in [4.78, 5) is 8.41. The van der Waals surface area contributed by atoms with Gasteiger partial charge in [0.25, 0.3) is 0 Å². The molecule has 0 amide bonds. The molecule has 108 valence electrons. The van der Waals surface area contributed by atoms with Gasteiger partial charge in [-0.25, -0.2) is 14.4 Å². The van der Waals surface area contributed by atoms with Crippen molar-refractivity contribution in [3.8, 4) is 0 Å². The van der Waals surface area contributed by atoms with Crippen LogP contribution in [0.4, 0.5) is 10.2 Å². The van der Waals surface area contributed by atoms with Crippen molar-refractivity contribution in [3.63, 3.8) is 0 Å². The summed E-state index contributed by atoms with van der Waals surface area (Å²) in [5.41, 5.74) is 9.98. The lowest BCUT2D eigenvalue weighted by atomic mass is 10.1. The monoisotopic (exact) mass is 284 g/mol. The molecule has 2 N–H and O–H groups in total. The SMILES string of the molecule is Cc1c(C)n(CCc2cccc(F)c2)c2ncnc(N)c12. The van der Waals surface area contributed by atoms with Gasteiger partial charge in [0.05, 0.1) is 5.39 Å². The fourth-order valence-corrected chi connectivity index (χ4v) is 2.70. The number of fused-ring (bicyclic) bond motifs is 1. The van der Waals surface area contributed by atoms with Gasteiger partial charge in [0.1, 0.15) is 23.6 Å². The zero-order valence-electron chi connectivity index (χ0n) is 12.1. The van der Waals surface area contributed by atoms with Crippen LogP contribution in [0.25, 0.3) is 11.0 Å². The molecular weight excluding hydrogens is 267 g/mol. The number of hydrogen-bond acceptors (Lipinski definition) is 3. The summed E-state index contributed by atoms with van der Waals surface area (Å²) in [5.74, 6) is 0.300. The number of aryl methyl sites for hydroxylation is 3. The number of nitrogen functional groups attached to an aromatic ring is 1. The molecule has 0 aliphatic rings. The van der Waals surface area contributed by atoms with E-state index in [-0.39, 0.29) is 5.82 Å². The molecule has 2 aromatic heterocycles. The molecule has 1 aromatic carbocycles. The highest BCUT2D eigenvalue weighted by molar-refractivity contribution is 5.90. The summed E-state index contributed by atoms with van der Waals surface area (Å²) < 4.78 is 15.4. The van der Waals surface area contributed by atoms with Gasteiger partial charge < -0.3 is 10.3 Å². The summed E-state index contributed by atoms with van der Waals surface area (Å²) in [6.45, 7) is 4.80. The van der Waals surface area contributed by atoms with Crippen LogP contribution in [-0.4, -0.2) is 14.5 Å². The quantitative estimate of drug-likeness (QED) is 0.804. The second kappa shape index (κ2) is 5.16. The maximum absolute atomic E-state index is 13.2. The zero-order chi connectivity index (χ0) is 15.0. The van der Waals surface area contributed by atoms with Crippen molar-refractivity contribution in [3.05, 3.63) is 53.2 Å². The van der Waals surface area contributed by atoms with E-state index in [4.69, 9.17) is 5.73 Å². The molecule has 4 nitrogen and oxygen atoms in total. The summed E-state index contributed by atoms with van der Waals surface area (Å²) in [5, 5.41) is 0.911. The number of halogens is 1. The van der Waals surface area contributed by atoms with Crippen molar-refractivity contribution in [1.82, 2.24) is 14.5 Å². The Labute approximate surface area is 122 Å². The largest absolute Gasteiger partial charge is 0.383 e. The average molecular weight is 284 g/mol. The van der Waals surface area contributed by atoms with Gasteiger partial charge in [-0.1, -0.05) is 12.1 Å². The average Bonchev–Trinajstić information content (AvgIpc) is 2.70. The third-order valence-corrected chi connectivity index (χ3v) is 3.95. The highest BCUT2D eigenvalue weighted by Gasteiger charge is 2.14. The first-order valence-corrected chi connectivity index (χ1v) is 6.88. The van der Waals surface area contributed by atoms with Crippen LogP contribution in [0.3, 0.4) is 0 Å². The first kappa shape index (κ1) is 13.5. The number of benzene rings is 1. The molecule has 0 atom stereocenters. The van der Waals surface area contributed by atoms with E-state index in [9.17, 15) is 4.39 Å². The molecule has 0 saturated heterocycles. The first-order chi connectivity index (χ1) is 10.1. The van der Waals surface area contributed by atoms with Crippen LogP contribution in [0.15, 0.2) is 30.6 Å². The van der Waals surface area contributed by atoms with E-state index in [0.29, 0.717) is 5.82 Å². The van der Waals surface area contributed by atoms with Gasteiger partial charge in [-0.05, 0) is 43.5 Å². The highest BCUT2D eigenvalue weighted by atomic mass is 19.1. The smallest absolute Gasteiger partial charge is 0.145 e. The first-order valence-electron chi connectivity index (χ1n) is 6.88. The molecule has 0 aliphatic carbocycles. The topological polar surface area (TPSA) is 56.7 Å². The van der Waals surface area contributed by atoms with Crippen molar-refractivity contribution in [2.24, 2.45) is 0 Å². The molecule has 0 bridgehead atoms. The van der Waals surface area contributed by atoms with Gasteiger partial charge in [-0.3, -0.25) is 0 Å². The number of hydrogen-bond donors (Lipinski definition) is 1. The number of rotatable bonds is 3. The van der Waals surface area contributed by atoms with Crippen LogP contribution in [-0.2, 0) is 13.0 Å². The Morgan fingerprint density at radius 3 is 2.81 bits per heavy atom. The Bertz CT molecular complexity index is 807. The lowest BCUT2D eigenvalue weighted by Crippen LogP contribution is -2.05. The molecule has 0 saturated carbocycles. The third-order valence-electron chi connectivity index (χ3n) is 3.95. The Morgan fingerprint density at radius 1 is 1.24 bits per heavy atom. The Kier molecular flexibility index (Phi) is 3.33. The van der Waals surface area contributed by atoms with E-state index < -0.39 is 0 Å². The minimum atomic E-state index is -0.204. The lowest BCUT2D eigenvalue weighted by Gasteiger charge is -2.08. The molecule has 0 spiro atoms. The van der Waals surface area contributed by atoms with Crippen molar-refractivity contribution in [1.29, 1.82) is 0 Å². The number of nitrogens with zero attached hydrogens (tertiary/aromatic N) is 3. The molecule has 21 heavy (non-hydrogen) atoms. The van der Waals surface area contributed by atoms with Gasteiger partial charge in [0, 0.05) is 12.2 Å². The van der Waals surface area contributed by atoms with E-state index in [0.717, 1.165) is 40.8 Å². The molecule has 0 fully saturated rings. The number of nitrogens with two attached hydrogens (primary N) is 1. The second-order valence-corrected chi connectivity index (χ2v) is 5.20. The van der Waals surface area contributed by atoms with Gasteiger partial charge in [0.15, 0.2) is 0 Å². The number of aromatic nitrogens is 3. The van der Waals surface area contributed by atoms with Gasteiger partial charge >= 0.3 is 0 Å². The molecule has 0 aliphatic heterocycles. The van der Waals surface area contributed by atoms with Crippen LogP contribution in [0.2, 0.25) is 0 Å².